The van der Waals surface area contributed by atoms with Crippen molar-refractivity contribution in [2.45, 2.75) is 46.3 Å². The zero-order valence-corrected chi connectivity index (χ0v) is 10.7. The van der Waals surface area contributed by atoms with Crippen LogP contribution < -0.4 is 0 Å². The zero-order valence-electron chi connectivity index (χ0n) is 10.7. The fourth-order valence-electron chi connectivity index (χ4n) is 1.81. The van der Waals surface area contributed by atoms with Gasteiger partial charge >= 0.3 is 6.09 Å². The van der Waals surface area contributed by atoms with E-state index in [1.165, 1.54) is 0 Å². The monoisotopic (exact) mass is 238 g/mol. The van der Waals surface area contributed by atoms with Crippen molar-refractivity contribution < 1.29 is 13.9 Å². The van der Waals surface area contributed by atoms with Crippen molar-refractivity contribution in [1.82, 2.24) is 9.88 Å². The molecule has 0 aliphatic carbocycles. The molecular weight excluding hydrogens is 220 g/mol. The number of nitrogens with zero attached hydrogens (tertiary/aromatic N) is 2. The predicted molar refractivity (Wildman–Crippen MR) is 61.6 cm³/mol. The molecule has 0 atom stereocenters. The number of rotatable bonds is 0. The topological polar surface area (TPSA) is 55.6 Å². The third kappa shape index (κ3) is 2.78. The summed E-state index contributed by atoms with van der Waals surface area (Å²) in [6, 6.07) is 0. The summed E-state index contributed by atoms with van der Waals surface area (Å²) in [6.45, 7) is 8.50. The molecule has 0 unspecified atom stereocenters. The van der Waals surface area contributed by atoms with Gasteiger partial charge in [0, 0.05) is 19.9 Å². The van der Waals surface area contributed by atoms with Gasteiger partial charge in [-0.25, -0.2) is 9.78 Å². The molecule has 1 aromatic heterocycles. The molecule has 0 saturated carbocycles. The lowest BCUT2D eigenvalue weighted by molar-refractivity contribution is 0.0217. The van der Waals surface area contributed by atoms with Crippen molar-refractivity contribution in [3.8, 4) is 0 Å². The van der Waals surface area contributed by atoms with Crippen molar-refractivity contribution in [1.29, 1.82) is 0 Å². The Kier molecular flexibility index (Phi) is 2.85. The van der Waals surface area contributed by atoms with Crippen molar-refractivity contribution in [3.05, 3.63) is 17.3 Å². The highest BCUT2D eigenvalue weighted by molar-refractivity contribution is 5.68. The van der Waals surface area contributed by atoms with E-state index in [4.69, 9.17) is 9.15 Å². The molecule has 0 radical (unpaired) electrons. The minimum Gasteiger partial charge on any atom is -0.446 e. The van der Waals surface area contributed by atoms with Crippen LogP contribution in [-0.4, -0.2) is 28.1 Å². The smallest absolute Gasteiger partial charge is 0.410 e. The van der Waals surface area contributed by atoms with E-state index < -0.39 is 5.60 Å². The Bertz CT molecular complexity index is 431. The summed E-state index contributed by atoms with van der Waals surface area (Å²) in [5.74, 6) is 1.54. The summed E-state index contributed by atoms with van der Waals surface area (Å²) in [5.41, 5.74) is 0.386. The van der Waals surface area contributed by atoms with Crippen molar-refractivity contribution in [3.63, 3.8) is 0 Å². The third-order valence-electron chi connectivity index (χ3n) is 2.49. The Morgan fingerprint density at radius 2 is 2.18 bits per heavy atom. The molecule has 17 heavy (non-hydrogen) atoms. The second-order valence-corrected chi connectivity index (χ2v) is 5.25. The van der Waals surface area contributed by atoms with Crippen LogP contribution in [0.2, 0.25) is 0 Å². The third-order valence-corrected chi connectivity index (χ3v) is 2.49. The maximum Gasteiger partial charge on any atom is 0.410 e. The van der Waals surface area contributed by atoms with Crippen molar-refractivity contribution in [2.75, 3.05) is 6.54 Å². The van der Waals surface area contributed by atoms with Crippen LogP contribution in [0.15, 0.2) is 4.42 Å². The van der Waals surface area contributed by atoms with Gasteiger partial charge in [-0.05, 0) is 20.8 Å². The average Bonchev–Trinajstić information content (AvgIpc) is 2.53. The minimum atomic E-state index is -0.461. The first-order valence-electron chi connectivity index (χ1n) is 5.78. The van der Waals surface area contributed by atoms with Gasteiger partial charge in [-0.2, -0.15) is 0 Å². The van der Waals surface area contributed by atoms with E-state index in [2.05, 4.69) is 4.98 Å². The van der Waals surface area contributed by atoms with Gasteiger partial charge in [0.2, 0.25) is 0 Å². The first kappa shape index (κ1) is 12.0. The molecule has 2 rings (SSSR count). The lowest BCUT2D eigenvalue weighted by Gasteiger charge is -2.28. The molecule has 1 aliphatic rings. The molecule has 5 nitrogen and oxygen atoms in total. The summed E-state index contributed by atoms with van der Waals surface area (Å²) >= 11 is 0. The first-order chi connectivity index (χ1) is 7.85. The molecule has 0 aromatic carbocycles. The Balaban J connectivity index is 2.05. The van der Waals surface area contributed by atoms with Crippen LogP contribution in [0.5, 0.6) is 0 Å². The van der Waals surface area contributed by atoms with Gasteiger partial charge in [0.25, 0.3) is 0 Å². The Morgan fingerprint density at radius 3 is 2.82 bits per heavy atom. The van der Waals surface area contributed by atoms with Crippen LogP contribution in [0, 0.1) is 6.92 Å². The van der Waals surface area contributed by atoms with E-state index in [0.717, 1.165) is 11.5 Å². The SMILES string of the molecule is Cc1nc2c(o1)CCN(C(=O)OC(C)(C)C)C2. The van der Waals surface area contributed by atoms with E-state index in [-0.39, 0.29) is 6.09 Å². The standard InChI is InChI=1S/C12H18N2O3/c1-8-13-9-7-14(6-5-10(9)16-8)11(15)17-12(2,3)4/h5-7H2,1-4H3. The molecule has 0 saturated heterocycles. The van der Waals surface area contributed by atoms with Crippen LogP contribution >= 0.6 is 0 Å². The van der Waals surface area contributed by atoms with Gasteiger partial charge in [0.05, 0.1) is 6.54 Å². The fourth-order valence-corrected chi connectivity index (χ4v) is 1.81. The van der Waals surface area contributed by atoms with Crippen LogP contribution in [-0.2, 0) is 17.7 Å². The van der Waals surface area contributed by atoms with Crippen LogP contribution in [0.3, 0.4) is 0 Å². The highest BCUT2D eigenvalue weighted by atomic mass is 16.6. The predicted octanol–water partition coefficient (Wildman–Crippen LogP) is 2.28. The largest absolute Gasteiger partial charge is 0.446 e. The van der Waals surface area contributed by atoms with Crippen molar-refractivity contribution >= 4 is 6.09 Å². The van der Waals surface area contributed by atoms with Gasteiger partial charge in [-0.15, -0.1) is 0 Å². The molecule has 0 spiro atoms. The fraction of sp³-hybridized carbons (Fsp3) is 0.667. The number of amides is 1. The summed E-state index contributed by atoms with van der Waals surface area (Å²) in [6.07, 6.45) is 0.416. The molecule has 1 aliphatic heterocycles. The van der Waals surface area contributed by atoms with E-state index in [1.807, 2.05) is 27.7 Å². The number of aryl methyl sites for hydroxylation is 1. The lowest BCUT2D eigenvalue weighted by Crippen LogP contribution is -2.39. The lowest BCUT2D eigenvalue weighted by atomic mass is 10.2. The van der Waals surface area contributed by atoms with E-state index in [1.54, 1.807) is 4.90 Å². The van der Waals surface area contributed by atoms with Gasteiger partial charge in [-0.3, -0.25) is 0 Å². The number of carbonyl (C=O) groups excluding carboxylic acids is 1. The van der Waals surface area contributed by atoms with E-state index >= 15 is 0 Å². The number of hydrogen-bond acceptors (Lipinski definition) is 4. The van der Waals surface area contributed by atoms with E-state index in [9.17, 15) is 4.79 Å². The molecule has 1 amide bonds. The quantitative estimate of drug-likeness (QED) is 0.695. The maximum absolute atomic E-state index is 11.9. The number of aromatic nitrogens is 1. The van der Waals surface area contributed by atoms with Gasteiger partial charge in [-0.1, -0.05) is 0 Å². The van der Waals surface area contributed by atoms with Crippen LogP contribution in [0.1, 0.15) is 38.1 Å². The molecule has 5 heteroatoms. The molecule has 0 N–H and O–H groups in total. The van der Waals surface area contributed by atoms with Gasteiger partial charge in [0.15, 0.2) is 5.89 Å². The van der Waals surface area contributed by atoms with Gasteiger partial charge < -0.3 is 14.1 Å². The molecule has 0 bridgehead atoms. The normalized spacial score (nSPS) is 15.6. The molecule has 0 fully saturated rings. The number of oxazole rings is 1. The van der Waals surface area contributed by atoms with Crippen LogP contribution in [0.25, 0.3) is 0 Å². The highest BCUT2D eigenvalue weighted by Gasteiger charge is 2.28. The summed E-state index contributed by atoms with van der Waals surface area (Å²) < 4.78 is 10.8. The Labute approximate surface area is 101 Å². The Hall–Kier alpha value is -1.52. The number of hydrogen-bond donors (Lipinski definition) is 0. The Morgan fingerprint density at radius 1 is 1.47 bits per heavy atom. The highest BCUT2D eigenvalue weighted by Crippen LogP contribution is 2.21. The minimum absolute atomic E-state index is 0.288. The first-order valence-corrected chi connectivity index (χ1v) is 5.78. The van der Waals surface area contributed by atoms with Gasteiger partial charge in [0.1, 0.15) is 17.1 Å². The summed E-state index contributed by atoms with van der Waals surface area (Å²) in [5, 5.41) is 0. The zero-order chi connectivity index (χ0) is 12.6. The number of fused-ring (bicyclic) bond motifs is 1. The van der Waals surface area contributed by atoms with Crippen LogP contribution in [0.4, 0.5) is 4.79 Å². The second kappa shape index (κ2) is 4.05. The number of carbonyl (C=O) groups is 1. The average molecular weight is 238 g/mol. The number of ether oxygens (including phenoxy) is 1. The molecule has 2 heterocycles. The molecular formula is C12H18N2O3. The van der Waals surface area contributed by atoms with E-state index in [0.29, 0.717) is 25.4 Å². The maximum atomic E-state index is 11.9. The molecule has 1 aromatic rings. The summed E-state index contributed by atoms with van der Waals surface area (Å²) in [4.78, 5) is 17.8. The summed E-state index contributed by atoms with van der Waals surface area (Å²) in [7, 11) is 0. The second-order valence-electron chi connectivity index (χ2n) is 5.25. The van der Waals surface area contributed by atoms with Crippen molar-refractivity contribution in [2.24, 2.45) is 0 Å². The molecule has 94 valence electrons.